The Labute approximate surface area is 163 Å². The van der Waals surface area contributed by atoms with E-state index in [2.05, 4.69) is 25.9 Å². The highest BCUT2D eigenvalue weighted by molar-refractivity contribution is 6.31. The van der Waals surface area contributed by atoms with Crippen molar-refractivity contribution in [1.29, 1.82) is 0 Å². The fraction of sp³-hybridized carbons (Fsp3) is 0.150. The molecule has 0 unspecified atom stereocenters. The lowest BCUT2D eigenvalue weighted by Crippen LogP contribution is -2.06. The van der Waals surface area contributed by atoms with Gasteiger partial charge in [-0.15, -0.1) is 0 Å². The van der Waals surface area contributed by atoms with Crippen molar-refractivity contribution in [1.82, 2.24) is 9.97 Å². The van der Waals surface area contributed by atoms with E-state index in [0.29, 0.717) is 22.5 Å². The Morgan fingerprint density at radius 3 is 2.48 bits per heavy atom. The van der Waals surface area contributed by atoms with Crippen LogP contribution in [-0.2, 0) is 4.79 Å². The first-order chi connectivity index (χ1) is 12.9. The molecule has 0 aliphatic carbocycles. The highest BCUT2D eigenvalue weighted by Gasteiger charge is 2.07. The monoisotopic (exact) mass is 381 g/mol. The highest BCUT2D eigenvalue weighted by Crippen LogP contribution is 2.26. The molecule has 0 aliphatic heterocycles. The van der Waals surface area contributed by atoms with Crippen molar-refractivity contribution in [2.45, 2.75) is 20.8 Å². The molecule has 0 fully saturated rings. The minimum absolute atomic E-state index is 0.123. The van der Waals surface area contributed by atoms with Crippen LogP contribution in [0, 0.1) is 13.8 Å². The van der Waals surface area contributed by atoms with Gasteiger partial charge in [-0.3, -0.25) is 4.79 Å². The number of nitrogens with zero attached hydrogens (tertiary/aromatic N) is 2. The third-order valence-electron chi connectivity index (χ3n) is 3.82. The molecule has 0 saturated heterocycles. The number of benzene rings is 2. The number of carbonyl (C=O) groups excluding carboxylic acids is 1. The topological polar surface area (TPSA) is 78.9 Å². The van der Waals surface area contributed by atoms with Gasteiger partial charge in [-0.25, -0.2) is 4.98 Å². The third-order valence-corrected chi connectivity index (χ3v) is 4.23. The molecule has 0 radical (unpaired) electrons. The maximum Gasteiger partial charge on any atom is 0.229 e. The van der Waals surface area contributed by atoms with E-state index in [9.17, 15) is 4.79 Å². The van der Waals surface area contributed by atoms with E-state index in [1.807, 2.05) is 62.4 Å². The molecule has 1 amide bonds. The molecule has 0 aliphatic rings. The maximum absolute atomic E-state index is 11.2. The fourth-order valence-corrected chi connectivity index (χ4v) is 2.75. The second kappa shape index (κ2) is 8.05. The zero-order valence-corrected chi connectivity index (χ0v) is 16.1. The minimum Gasteiger partial charge on any atom is -0.340 e. The van der Waals surface area contributed by atoms with E-state index in [0.717, 1.165) is 22.6 Å². The van der Waals surface area contributed by atoms with Gasteiger partial charge < -0.3 is 16.0 Å². The molecule has 3 aromatic rings. The standard InChI is InChI=1S/C20H20ClN5O/c1-12-10-19(25-18-9-5-8-17(21)13(18)2)26-20(22-12)24-16-7-4-6-15(11-16)23-14(3)27/h4-11H,1-3H3,(H,23,27)(H2,22,24,25,26). The van der Waals surface area contributed by atoms with Crippen LogP contribution < -0.4 is 16.0 Å². The lowest BCUT2D eigenvalue weighted by Gasteiger charge is -2.13. The summed E-state index contributed by atoms with van der Waals surface area (Å²) in [4.78, 5) is 20.2. The average Bonchev–Trinajstić information content (AvgIpc) is 2.58. The third kappa shape index (κ3) is 4.95. The molecule has 0 saturated carbocycles. The summed E-state index contributed by atoms with van der Waals surface area (Å²) < 4.78 is 0. The summed E-state index contributed by atoms with van der Waals surface area (Å²) in [5, 5.41) is 9.90. The molecule has 6 nitrogen and oxygen atoms in total. The molecule has 0 bridgehead atoms. The zero-order chi connectivity index (χ0) is 19.4. The Bertz CT molecular complexity index is 990. The molecule has 3 rings (SSSR count). The van der Waals surface area contributed by atoms with Gasteiger partial charge >= 0.3 is 0 Å². The summed E-state index contributed by atoms with van der Waals surface area (Å²) in [5.74, 6) is 0.993. The van der Waals surface area contributed by atoms with Gasteiger partial charge in [0.25, 0.3) is 0 Å². The van der Waals surface area contributed by atoms with Crippen LogP contribution in [0.2, 0.25) is 5.02 Å². The number of halogens is 1. The Morgan fingerprint density at radius 1 is 0.963 bits per heavy atom. The van der Waals surface area contributed by atoms with E-state index in [1.165, 1.54) is 6.92 Å². The van der Waals surface area contributed by atoms with Crippen LogP contribution in [0.3, 0.4) is 0 Å². The van der Waals surface area contributed by atoms with Gasteiger partial charge in [-0.05, 0) is 49.7 Å². The summed E-state index contributed by atoms with van der Waals surface area (Å²) in [6, 6.07) is 14.9. The van der Waals surface area contributed by atoms with E-state index in [4.69, 9.17) is 11.6 Å². The van der Waals surface area contributed by atoms with E-state index in [1.54, 1.807) is 0 Å². The number of anilines is 5. The van der Waals surface area contributed by atoms with Gasteiger partial charge in [-0.1, -0.05) is 23.7 Å². The number of amides is 1. The number of carbonyl (C=O) groups is 1. The van der Waals surface area contributed by atoms with Crippen molar-refractivity contribution < 1.29 is 4.79 Å². The van der Waals surface area contributed by atoms with E-state index in [-0.39, 0.29) is 5.91 Å². The molecule has 2 aromatic carbocycles. The van der Waals surface area contributed by atoms with Crippen LogP contribution in [0.15, 0.2) is 48.5 Å². The van der Waals surface area contributed by atoms with Crippen molar-refractivity contribution in [3.8, 4) is 0 Å². The Morgan fingerprint density at radius 2 is 1.70 bits per heavy atom. The normalized spacial score (nSPS) is 10.4. The fourth-order valence-electron chi connectivity index (χ4n) is 2.58. The second-order valence-electron chi connectivity index (χ2n) is 6.14. The first-order valence-electron chi connectivity index (χ1n) is 8.43. The first kappa shape index (κ1) is 18.7. The van der Waals surface area contributed by atoms with Gasteiger partial charge in [-0.2, -0.15) is 4.98 Å². The summed E-state index contributed by atoms with van der Waals surface area (Å²) in [7, 11) is 0. The van der Waals surface area contributed by atoms with Crippen LogP contribution in [-0.4, -0.2) is 15.9 Å². The summed E-state index contributed by atoms with van der Waals surface area (Å²) in [5.41, 5.74) is 4.13. The zero-order valence-electron chi connectivity index (χ0n) is 15.3. The Hall–Kier alpha value is -3.12. The minimum atomic E-state index is -0.123. The largest absolute Gasteiger partial charge is 0.340 e. The van der Waals surface area contributed by atoms with Crippen molar-refractivity contribution in [3.63, 3.8) is 0 Å². The van der Waals surface area contributed by atoms with Gasteiger partial charge in [0.15, 0.2) is 0 Å². The van der Waals surface area contributed by atoms with Crippen LogP contribution in [0.1, 0.15) is 18.2 Å². The van der Waals surface area contributed by atoms with Gasteiger partial charge in [0.05, 0.1) is 0 Å². The van der Waals surface area contributed by atoms with Crippen LogP contribution >= 0.6 is 11.6 Å². The number of hydrogen-bond donors (Lipinski definition) is 3. The molecule has 1 aromatic heterocycles. The summed E-state index contributed by atoms with van der Waals surface area (Å²) >= 11 is 6.19. The summed E-state index contributed by atoms with van der Waals surface area (Å²) in [6.07, 6.45) is 0. The van der Waals surface area contributed by atoms with Crippen LogP contribution in [0.5, 0.6) is 0 Å². The number of aryl methyl sites for hydroxylation is 1. The molecule has 138 valence electrons. The van der Waals surface area contributed by atoms with Gasteiger partial charge in [0, 0.05) is 40.8 Å². The average molecular weight is 382 g/mol. The SMILES string of the molecule is CC(=O)Nc1cccc(Nc2nc(C)cc(Nc3cccc(Cl)c3C)n2)c1. The first-order valence-corrected chi connectivity index (χ1v) is 8.81. The van der Waals surface area contributed by atoms with Crippen molar-refractivity contribution in [3.05, 3.63) is 64.8 Å². The molecule has 1 heterocycles. The van der Waals surface area contributed by atoms with Crippen LogP contribution in [0.25, 0.3) is 0 Å². The molecule has 0 atom stereocenters. The number of hydrogen-bond acceptors (Lipinski definition) is 5. The molecule has 0 spiro atoms. The lowest BCUT2D eigenvalue weighted by molar-refractivity contribution is -0.114. The molecule has 27 heavy (non-hydrogen) atoms. The van der Waals surface area contributed by atoms with Crippen molar-refractivity contribution >= 4 is 46.3 Å². The molecule has 3 N–H and O–H groups in total. The van der Waals surface area contributed by atoms with Gasteiger partial charge in [0.1, 0.15) is 5.82 Å². The Kier molecular flexibility index (Phi) is 5.57. The molecular formula is C20H20ClN5O. The lowest BCUT2D eigenvalue weighted by atomic mass is 10.2. The number of rotatable bonds is 5. The van der Waals surface area contributed by atoms with Crippen molar-refractivity contribution in [2.75, 3.05) is 16.0 Å². The predicted molar refractivity (Wildman–Crippen MR) is 110 cm³/mol. The molecule has 7 heteroatoms. The number of aromatic nitrogens is 2. The number of nitrogens with one attached hydrogen (secondary N) is 3. The maximum atomic E-state index is 11.2. The Balaban J connectivity index is 1.83. The smallest absolute Gasteiger partial charge is 0.229 e. The highest BCUT2D eigenvalue weighted by atomic mass is 35.5. The predicted octanol–water partition coefficient (Wildman–Crippen LogP) is 5.19. The second-order valence-corrected chi connectivity index (χ2v) is 6.55. The van der Waals surface area contributed by atoms with E-state index >= 15 is 0 Å². The van der Waals surface area contributed by atoms with E-state index < -0.39 is 0 Å². The van der Waals surface area contributed by atoms with Crippen LogP contribution in [0.4, 0.5) is 28.8 Å². The van der Waals surface area contributed by atoms with Gasteiger partial charge in [0.2, 0.25) is 11.9 Å². The quantitative estimate of drug-likeness (QED) is 0.566. The van der Waals surface area contributed by atoms with Crippen molar-refractivity contribution in [2.24, 2.45) is 0 Å². The summed E-state index contributed by atoms with van der Waals surface area (Å²) in [6.45, 7) is 5.32. The molecular weight excluding hydrogens is 362 g/mol.